The third kappa shape index (κ3) is 4.74. The number of benzene rings is 1. The molecular formula is C13H20FNO2S. The number of halogens is 1. The monoisotopic (exact) mass is 273 g/mol. The molecule has 0 atom stereocenters. The molecule has 0 fully saturated rings. The third-order valence-corrected chi connectivity index (χ3v) is 4.21. The molecule has 1 aromatic carbocycles. The molecule has 1 rings (SSSR count). The van der Waals surface area contributed by atoms with Crippen molar-refractivity contribution >= 4 is 10.0 Å². The van der Waals surface area contributed by atoms with E-state index in [1.807, 2.05) is 20.8 Å². The van der Waals surface area contributed by atoms with E-state index in [2.05, 4.69) is 0 Å². The van der Waals surface area contributed by atoms with Crippen LogP contribution in [0.1, 0.15) is 26.3 Å². The number of hydrogen-bond acceptors (Lipinski definition) is 2. The minimum Gasteiger partial charge on any atom is -0.212 e. The van der Waals surface area contributed by atoms with E-state index in [0.29, 0.717) is 12.1 Å². The Bertz CT molecular complexity index is 489. The molecule has 0 unspecified atom stereocenters. The lowest BCUT2D eigenvalue weighted by molar-refractivity contribution is 0.310. The predicted octanol–water partition coefficient (Wildman–Crippen LogP) is 2.63. The second kappa shape index (κ2) is 5.36. The quantitative estimate of drug-likeness (QED) is 0.845. The van der Waals surface area contributed by atoms with Crippen LogP contribution in [-0.4, -0.2) is 26.3 Å². The van der Waals surface area contributed by atoms with Gasteiger partial charge in [-0.25, -0.2) is 17.1 Å². The molecule has 0 aromatic heterocycles. The minimum absolute atomic E-state index is 0.0926. The molecule has 0 aliphatic heterocycles. The van der Waals surface area contributed by atoms with E-state index in [1.54, 1.807) is 7.05 Å². The van der Waals surface area contributed by atoms with Gasteiger partial charge in [0.2, 0.25) is 10.0 Å². The lowest BCUT2D eigenvalue weighted by atomic mass is 9.97. The van der Waals surface area contributed by atoms with Gasteiger partial charge in [0.15, 0.2) is 0 Å². The highest BCUT2D eigenvalue weighted by atomic mass is 32.2. The molecule has 102 valence electrons. The SMILES string of the molecule is CN(CC(C)(C)C)S(=O)(=O)Cc1ccc(F)cc1. The summed E-state index contributed by atoms with van der Waals surface area (Å²) >= 11 is 0. The van der Waals surface area contributed by atoms with Gasteiger partial charge in [0, 0.05) is 13.6 Å². The molecule has 0 spiro atoms. The van der Waals surface area contributed by atoms with E-state index < -0.39 is 10.0 Å². The molecule has 0 N–H and O–H groups in total. The van der Waals surface area contributed by atoms with Crippen LogP contribution in [0.15, 0.2) is 24.3 Å². The Hall–Kier alpha value is -0.940. The Morgan fingerprint density at radius 2 is 1.67 bits per heavy atom. The summed E-state index contributed by atoms with van der Waals surface area (Å²) in [6.07, 6.45) is 0. The Morgan fingerprint density at radius 1 is 1.17 bits per heavy atom. The van der Waals surface area contributed by atoms with Crippen molar-refractivity contribution in [2.75, 3.05) is 13.6 Å². The van der Waals surface area contributed by atoms with Crippen LogP contribution in [0.4, 0.5) is 4.39 Å². The van der Waals surface area contributed by atoms with Crippen LogP contribution in [0.25, 0.3) is 0 Å². The van der Waals surface area contributed by atoms with Crippen LogP contribution in [0, 0.1) is 11.2 Å². The first-order valence-electron chi connectivity index (χ1n) is 5.79. The van der Waals surface area contributed by atoms with Crippen LogP contribution in [0.3, 0.4) is 0 Å². The molecule has 0 bridgehead atoms. The van der Waals surface area contributed by atoms with Gasteiger partial charge in [-0.05, 0) is 23.1 Å². The smallest absolute Gasteiger partial charge is 0.212 e. The van der Waals surface area contributed by atoms with E-state index in [1.165, 1.54) is 28.6 Å². The number of rotatable bonds is 4. The lowest BCUT2D eigenvalue weighted by Gasteiger charge is -2.26. The zero-order chi connectivity index (χ0) is 14.0. The van der Waals surface area contributed by atoms with Gasteiger partial charge in [-0.2, -0.15) is 0 Å². The van der Waals surface area contributed by atoms with Crippen molar-refractivity contribution in [3.63, 3.8) is 0 Å². The van der Waals surface area contributed by atoms with Crippen LogP contribution in [0.2, 0.25) is 0 Å². The van der Waals surface area contributed by atoms with Crippen molar-refractivity contribution in [2.45, 2.75) is 26.5 Å². The summed E-state index contributed by atoms with van der Waals surface area (Å²) in [6.45, 7) is 6.40. The second-order valence-corrected chi connectivity index (χ2v) is 7.78. The summed E-state index contributed by atoms with van der Waals surface area (Å²) in [7, 11) is -1.77. The Kier molecular flexibility index (Phi) is 4.50. The summed E-state index contributed by atoms with van der Waals surface area (Å²) in [5, 5.41) is 0. The zero-order valence-electron chi connectivity index (χ0n) is 11.3. The van der Waals surface area contributed by atoms with Crippen molar-refractivity contribution < 1.29 is 12.8 Å². The number of hydrogen-bond donors (Lipinski definition) is 0. The number of nitrogens with zero attached hydrogens (tertiary/aromatic N) is 1. The fourth-order valence-electron chi connectivity index (χ4n) is 1.67. The van der Waals surface area contributed by atoms with Crippen molar-refractivity contribution in [1.82, 2.24) is 4.31 Å². The van der Waals surface area contributed by atoms with E-state index in [0.717, 1.165) is 0 Å². The van der Waals surface area contributed by atoms with Gasteiger partial charge in [0.05, 0.1) is 5.75 Å². The molecule has 3 nitrogen and oxygen atoms in total. The first kappa shape index (κ1) is 15.1. The first-order chi connectivity index (χ1) is 8.10. The molecule has 0 saturated carbocycles. The Morgan fingerprint density at radius 3 is 2.11 bits per heavy atom. The maximum Gasteiger partial charge on any atom is 0.218 e. The molecule has 5 heteroatoms. The highest BCUT2D eigenvalue weighted by molar-refractivity contribution is 7.88. The predicted molar refractivity (Wildman–Crippen MR) is 71.1 cm³/mol. The van der Waals surface area contributed by atoms with Gasteiger partial charge in [0.25, 0.3) is 0 Å². The minimum atomic E-state index is -3.35. The first-order valence-corrected chi connectivity index (χ1v) is 7.39. The third-order valence-electron chi connectivity index (χ3n) is 2.43. The largest absolute Gasteiger partial charge is 0.218 e. The van der Waals surface area contributed by atoms with Gasteiger partial charge in [-0.15, -0.1) is 0 Å². The Balaban J connectivity index is 2.79. The van der Waals surface area contributed by atoms with Crippen LogP contribution >= 0.6 is 0 Å². The van der Waals surface area contributed by atoms with Crippen LogP contribution in [-0.2, 0) is 15.8 Å². The van der Waals surface area contributed by atoms with Crippen LogP contribution in [0.5, 0.6) is 0 Å². The summed E-state index contributed by atoms with van der Waals surface area (Å²) in [4.78, 5) is 0. The van der Waals surface area contributed by atoms with Gasteiger partial charge in [0.1, 0.15) is 5.82 Å². The average Bonchev–Trinajstić information content (AvgIpc) is 2.18. The lowest BCUT2D eigenvalue weighted by Crippen LogP contribution is -2.35. The van der Waals surface area contributed by atoms with E-state index in [-0.39, 0.29) is 17.0 Å². The molecule has 18 heavy (non-hydrogen) atoms. The molecule has 0 aliphatic carbocycles. The average molecular weight is 273 g/mol. The Labute approximate surface area is 109 Å². The molecule has 0 saturated heterocycles. The molecule has 1 aromatic rings. The van der Waals surface area contributed by atoms with E-state index in [4.69, 9.17) is 0 Å². The maximum absolute atomic E-state index is 12.7. The molecule has 0 amide bonds. The highest BCUT2D eigenvalue weighted by Gasteiger charge is 2.23. The fraction of sp³-hybridized carbons (Fsp3) is 0.538. The fourth-order valence-corrected chi connectivity index (χ4v) is 3.09. The summed E-state index contributed by atoms with van der Waals surface area (Å²) in [5.74, 6) is -0.459. The van der Waals surface area contributed by atoms with Crippen molar-refractivity contribution in [1.29, 1.82) is 0 Å². The van der Waals surface area contributed by atoms with Crippen molar-refractivity contribution in [3.8, 4) is 0 Å². The van der Waals surface area contributed by atoms with Crippen molar-refractivity contribution in [3.05, 3.63) is 35.6 Å². The standard InChI is InChI=1S/C13H20FNO2S/c1-13(2,3)10-15(4)18(16,17)9-11-5-7-12(14)8-6-11/h5-8H,9-10H2,1-4H3. The summed E-state index contributed by atoms with van der Waals surface area (Å²) in [5.41, 5.74) is 0.502. The number of sulfonamides is 1. The van der Waals surface area contributed by atoms with Gasteiger partial charge in [-0.3, -0.25) is 0 Å². The summed E-state index contributed by atoms with van der Waals surface area (Å²) < 4.78 is 38.3. The van der Waals surface area contributed by atoms with Gasteiger partial charge < -0.3 is 0 Å². The maximum atomic E-state index is 12.7. The molecule has 0 aliphatic rings. The van der Waals surface area contributed by atoms with Crippen molar-refractivity contribution in [2.24, 2.45) is 5.41 Å². The van der Waals surface area contributed by atoms with E-state index in [9.17, 15) is 12.8 Å². The topological polar surface area (TPSA) is 37.4 Å². The normalized spacial score (nSPS) is 13.0. The molecule has 0 radical (unpaired) electrons. The zero-order valence-corrected chi connectivity index (χ0v) is 12.1. The van der Waals surface area contributed by atoms with Gasteiger partial charge >= 0.3 is 0 Å². The highest BCUT2D eigenvalue weighted by Crippen LogP contribution is 2.18. The van der Waals surface area contributed by atoms with Crippen LogP contribution < -0.4 is 0 Å². The van der Waals surface area contributed by atoms with Gasteiger partial charge in [-0.1, -0.05) is 32.9 Å². The summed E-state index contributed by atoms with van der Waals surface area (Å²) in [6, 6.07) is 5.54. The molecule has 0 heterocycles. The molecular weight excluding hydrogens is 253 g/mol. The second-order valence-electron chi connectivity index (χ2n) is 5.70. The van der Waals surface area contributed by atoms with E-state index >= 15 is 0 Å².